The van der Waals surface area contributed by atoms with Gasteiger partial charge in [0.2, 0.25) is 5.91 Å². The topological polar surface area (TPSA) is 119 Å². The molecule has 1 aliphatic rings. The van der Waals surface area contributed by atoms with Crippen LogP contribution in [0.1, 0.15) is 41.9 Å². The summed E-state index contributed by atoms with van der Waals surface area (Å²) >= 11 is 0. The van der Waals surface area contributed by atoms with Crippen LogP contribution in [0.4, 0.5) is 14.5 Å². The van der Waals surface area contributed by atoms with E-state index in [1.807, 2.05) is 43.0 Å². The zero-order valence-electron chi connectivity index (χ0n) is 25.5. The van der Waals surface area contributed by atoms with Crippen LogP contribution in [0.15, 0.2) is 79.1 Å². The Morgan fingerprint density at radius 3 is 2.65 bits per heavy atom. The number of carbonyl (C=O) groups is 2. The molecular formula is C35H33F2N7O2. The molecule has 1 saturated heterocycles. The predicted molar refractivity (Wildman–Crippen MR) is 173 cm³/mol. The molecule has 1 atom stereocenters. The van der Waals surface area contributed by atoms with Gasteiger partial charge in [-0.25, -0.2) is 18.3 Å². The Balaban J connectivity index is 1.30. The molecule has 2 amide bonds. The summed E-state index contributed by atoms with van der Waals surface area (Å²) in [6, 6.07) is 17.2. The lowest BCUT2D eigenvalue weighted by Gasteiger charge is -2.18. The fourth-order valence-corrected chi connectivity index (χ4v) is 5.80. The first-order chi connectivity index (χ1) is 22.2. The van der Waals surface area contributed by atoms with E-state index in [0.29, 0.717) is 49.4 Å². The number of fused-ring (bicyclic) bond motifs is 1. The lowest BCUT2D eigenvalue weighted by atomic mass is 9.98. The number of benzene rings is 2. The molecule has 2 aromatic carbocycles. The molecule has 1 aliphatic heterocycles. The lowest BCUT2D eigenvalue weighted by Crippen LogP contribution is -2.27. The van der Waals surface area contributed by atoms with E-state index in [-0.39, 0.29) is 34.4 Å². The summed E-state index contributed by atoms with van der Waals surface area (Å²) in [5.41, 5.74) is 11.1. The largest absolute Gasteiger partial charge is 0.371 e. The van der Waals surface area contributed by atoms with Crippen molar-refractivity contribution in [3.8, 4) is 22.5 Å². The molecule has 1 fully saturated rings. The number of pyridine rings is 1. The second-order valence-corrected chi connectivity index (χ2v) is 11.4. The van der Waals surface area contributed by atoms with Gasteiger partial charge in [-0.15, -0.1) is 0 Å². The van der Waals surface area contributed by atoms with Crippen LogP contribution in [0, 0.1) is 17.6 Å². The Morgan fingerprint density at radius 2 is 1.91 bits per heavy atom. The maximum Gasteiger partial charge on any atom is 0.270 e. The second-order valence-electron chi connectivity index (χ2n) is 11.4. The SMILES string of the molecule is C/C=C(/C)c1ccccc1CCNC(=O)c1cc(-c2cncc(F)c2)n2nc(-c3ccc(N4CC[C@H](C(N)=O)C4)cc3F)cc2n1. The van der Waals surface area contributed by atoms with E-state index in [0.717, 1.165) is 22.9 Å². The summed E-state index contributed by atoms with van der Waals surface area (Å²) < 4.78 is 31.2. The van der Waals surface area contributed by atoms with Gasteiger partial charge in [-0.1, -0.05) is 30.3 Å². The van der Waals surface area contributed by atoms with Crippen molar-refractivity contribution in [2.75, 3.05) is 24.5 Å². The highest BCUT2D eigenvalue weighted by atomic mass is 19.1. The van der Waals surface area contributed by atoms with Crippen molar-refractivity contribution < 1.29 is 18.4 Å². The Bertz CT molecular complexity index is 1990. The molecule has 4 heterocycles. The third-order valence-electron chi connectivity index (χ3n) is 8.40. The highest BCUT2D eigenvalue weighted by molar-refractivity contribution is 5.94. The number of primary amides is 1. The van der Waals surface area contributed by atoms with Gasteiger partial charge in [0, 0.05) is 48.7 Å². The molecule has 11 heteroatoms. The van der Waals surface area contributed by atoms with Crippen LogP contribution in [0.25, 0.3) is 33.7 Å². The molecule has 9 nitrogen and oxygen atoms in total. The summed E-state index contributed by atoms with van der Waals surface area (Å²) in [4.78, 5) is 35.4. The number of anilines is 1. The molecular weight excluding hydrogens is 588 g/mol. The number of nitrogens with zero attached hydrogens (tertiary/aromatic N) is 5. The van der Waals surface area contributed by atoms with E-state index >= 15 is 4.39 Å². The van der Waals surface area contributed by atoms with Crippen molar-refractivity contribution in [3.05, 3.63) is 108 Å². The molecule has 234 valence electrons. The monoisotopic (exact) mass is 621 g/mol. The lowest BCUT2D eigenvalue weighted by molar-refractivity contribution is -0.121. The Kier molecular flexibility index (Phi) is 8.56. The van der Waals surface area contributed by atoms with E-state index in [1.165, 1.54) is 28.9 Å². The zero-order valence-corrected chi connectivity index (χ0v) is 25.5. The Morgan fingerprint density at radius 1 is 1.09 bits per heavy atom. The molecule has 0 saturated carbocycles. The minimum absolute atomic E-state index is 0.102. The first-order valence-electron chi connectivity index (χ1n) is 15.1. The van der Waals surface area contributed by atoms with Crippen LogP contribution in [0.5, 0.6) is 0 Å². The summed E-state index contributed by atoms with van der Waals surface area (Å²) in [6.07, 6.45) is 5.83. The molecule has 5 aromatic rings. The van der Waals surface area contributed by atoms with Crippen molar-refractivity contribution in [2.24, 2.45) is 11.7 Å². The Labute approximate surface area is 264 Å². The van der Waals surface area contributed by atoms with Gasteiger partial charge >= 0.3 is 0 Å². The second kappa shape index (κ2) is 12.9. The molecule has 0 aliphatic carbocycles. The van der Waals surface area contributed by atoms with Crippen molar-refractivity contribution in [1.82, 2.24) is 24.9 Å². The van der Waals surface area contributed by atoms with Crippen LogP contribution in [0.2, 0.25) is 0 Å². The number of carbonyl (C=O) groups excluding carboxylic acids is 2. The van der Waals surface area contributed by atoms with Gasteiger partial charge in [0.1, 0.15) is 17.3 Å². The van der Waals surface area contributed by atoms with E-state index in [9.17, 15) is 14.0 Å². The third kappa shape index (κ3) is 6.21. The standard InChI is InChI=1S/C35H33F2N7O2/c1-3-21(2)27-7-5-4-6-22(27)10-12-40-35(46)31-16-32(24-14-25(36)19-39-18-24)44-33(41-31)17-30(42-44)28-9-8-26(15-29(28)37)43-13-11-23(20-43)34(38)45/h3-9,14-19,23H,10-13,20H2,1-2H3,(H2,38,45)(H,40,46)/b21-3-/t23-/m0/s1. The molecule has 0 radical (unpaired) electrons. The zero-order chi connectivity index (χ0) is 32.4. The summed E-state index contributed by atoms with van der Waals surface area (Å²) in [6.45, 7) is 5.44. The van der Waals surface area contributed by atoms with E-state index in [2.05, 4.69) is 26.4 Å². The fourth-order valence-electron chi connectivity index (χ4n) is 5.80. The van der Waals surface area contributed by atoms with Gasteiger partial charge in [-0.05, 0) is 73.7 Å². The number of nitrogens with two attached hydrogens (primary N) is 1. The normalized spacial score (nSPS) is 15.0. The molecule has 0 spiro atoms. The van der Waals surface area contributed by atoms with Crippen molar-refractivity contribution in [1.29, 1.82) is 0 Å². The molecule has 0 bridgehead atoms. The number of allylic oxidation sites excluding steroid dienone is 2. The minimum Gasteiger partial charge on any atom is -0.371 e. The van der Waals surface area contributed by atoms with Crippen LogP contribution < -0.4 is 16.0 Å². The fraction of sp³-hybridized carbons (Fsp3) is 0.229. The van der Waals surface area contributed by atoms with E-state index < -0.39 is 17.5 Å². The first kappa shape index (κ1) is 30.6. The summed E-state index contributed by atoms with van der Waals surface area (Å²) in [5.74, 6) is -2.11. The van der Waals surface area contributed by atoms with Gasteiger partial charge in [0.15, 0.2) is 5.65 Å². The highest BCUT2D eigenvalue weighted by Crippen LogP contribution is 2.31. The molecule has 3 N–H and O–H groups in total. The van der Waals surface area contributed by atoms with Crippen LogP contribution >= 0.6 is 0 Å². The number of hydrogen-bond donors (Lipinski definition) is 2. The smallest absolute Gasteiger partial charge is 0.270 e. The molecule has 0 unspecified atom stereocenters. The third-order valence-corrected chi connectivity index (χ3v) is 8.40. The molecule has 6 rings (SSSR count). The number of halogens is 2. The average Bonchev–Trinajstić information content (AvgIpc) is 3.72. The molecule has 3 aromatic heterocycles. The van der Waals surface area contributed by atoms with Gasteiger partial charge in [0.25, 0.3) is 5.91 Å². The summed E-state index contributed by atoms with van der Waals surface area (Å²) in [5, 5.41) is 7.54. The summed E-state index contributed by atoms with van der Waals surface area (Å²) in [7, 11) is 0. The number of aromatic nitrogens is 4. The number of hydrogen-bond acceptors (Lipinski definition) is 6. The van der Waals surface area contributed by atoms with Gasteiger partial charge in [0.05, 0.1) is 23.5 Å². The maximum absolute atomic E-state index is 15.5. The Hall–Kier alpha value is -5.45. The van der Waals surface area contributed by atoms with Gasteiger partial charge < -0.3 is 16.0 Å². The van der Waals surface area contributed by atoms with Crippen molar-refractivity contribution in [2.45, 2.75) is 26.7 Å². The van der Waals surface area contributed by atoms with Crippen LogP contribution in [0.3, 0.4) is 0 Å². The van der Waals surface area contributed by atoms with Crippen LogP contribution in [-0.4, -0.2) is 51.0 Å². The highest BCUT2D eigenvalue weighted by Gasteiger charge is 2.27. The van der Waals surface area contributed by atoms with Crippen LogP contribution in [-0.2, 0) is 11.2 Å². The number of rotatable bonds is 9. The van der Waals surface area contributed by atoms with Crippen molar-refractivity contribution >= 4 is 28.7 Å². The average molecular weight is 622 g/mol. The minimum atomic E-state index is -0.557. The number of amides is 2. The first-order valence-corrected chi connectivity index (χ1v) is 15.1. The quantitative estimate of drug-likeness (QED) is 0.226. The number of nitrogens with one attached hydrogen (secondary N) is 1. The van der Waals surface area contributed by atoms with Gasteiger partial charge in [-0.2, -0.15) is 5.10 Å². The van der Waals surface area contributed by atoms with Crippen molar-refractivity contribution in [3.63, 3.8) is 0 Å². The van der Waals surface area contributed by atoms with Gasteiger partial charge in [-0.3, -0.25) is 14.6 Å². The predicted octanol–water partition coefficient (Wildman–Crippen LogP) is 5.44. The van der Waals surface area contributed by atoms with E-state index in [4.69, 9.17) is 5.73 Å². The van der Waals surface area contributed by atoms with E-state index in [1.54, 1.807) is 18.2 Å². The molecule has 46 heavy (non-hydrogen) atoms. The maximum atomic E-state index is 15.5.